The summed E-state index contributed by atoms with van der Waals surface area (Å²) in [5, 5.41) is 12.7. The minimum atomic E-state index is -0.513. The third kappa shape index (κ3) is 4.88. The lowest BCUT2D eigenvalue weighted by Gasteiger charge is -2.11. The zero-order valence-electron chi connectivity index (χ0n) is 11.0. The monoisotopic (exact) mass is 298 g/mol. The van der Waals surface area contributed by atoms with Crippen molar-refractivity contribution in [2.24, 2.45) is 0 Å². The number of rotatable bonds is 6. The molecule has 0 aromatic heterocycles. The van der Waals surface area contributed by atoms with Crippen LogP contribution in [0.25, 0.3) is 0 Å². The van der Waals surface area contributed by atoms with Gasteiger partial charge in [0.25, 0.3) is 5.69 Å². The van der Waals surface area contributed by atoms with Gasteiger partial charge in [0.15, 0.2) is 0 Å². The summed E-state index contributed by atoms with van der Waals surface area (Å²) in [7, 11) is 1.28. The molecule has 0 saturated carbocycles. The molecule has 1 N–H and O–H groups in total. The maximum atomic E-state index is 11.8. The Morgan fingerprint density at radius 3 is 2.50 bits per heavy atom. The summed E-state index contributed by atoms with van der Waals surface area (Å²) in [4.78, 5) is 32.8. The van der Waals surface area contributed by atoms with Crippen molar-refractivity contribution in [1.29, 1.82) is 0 Å². The summed E-state index contributed by atoms with van der Waals surface area (Å²) in [6.07, 6.45) is 0. The first-order chi connectivity index (χ1) is 9.43. The predicted molar refractivity (Wildman–Crippen MR) is 75.7 cm³/mol. The predicted octanol–water partition coefficient (Wildman–Crippen LogP) is 1.83. The second-order valence-corrected chi connectivity index (χ2v) is 5.15. The van der Waals surface area contributed by atoms with Crippen LogP contribution in [0.2, 0.25) is 0 Å². The Morgan fingerprint density at radius 1 is 1.40 bits per heavy atom. The van der Waals surface area contributed by atoms with Crippen molar-refractivity contribution in [2.75, 3.05) is 18.2 Å². The first-order valence-electron chi connectivity index (χ1n) is 5.67. The summed E-state index contributed by atoms with van der Waals surface area (Å²) >= 11 is 1.15. The molecule has 8 heteroatoms. The molecule has 1 unspecified atom stereocenters. The number of benzene rings is 1. The Kier molecular flexibility index (Phi) is 5.98. The third-order valence-electron chi connectivity index (χ3n) is 2.39. The standard InChI is InChI=1S/C12H14N2O5S/c1-8(20-7-11(15)19-2)12(16)13-9-3-5-10(6-4-9)14(17)18/h3-6,8H,7H2,1-2H3,(H,13,16). The number of ether oxygens (including phenoxy) is 1. The molecule has 1 rings (SSSR count). The van der Waals surface area contributed by atoms with E-state index in [1.54, 1.807) is 6.92 Å². The zero-order chi connectivity index (χ0) is 15.1. The number of non-ortho nitro benzene ring substituents is 1. The second-order valence-electron chi connectivity index (χ2n) is 3.82. The molecule has 1 aromatic rings. The van der Waals surface area contributed by atoms with Crippen LogP contribution in [-0.4, -0.2) is 34.9 Å². The minimum absolute atomic E-state index is 0.0453. The molecule has 20 heavy (non-hydrogen) atoms. The molecule has 0 spiro atoms. The molecule has 0 saturated heterocycles. The first-order valence-corrected chi connectivity index (χ1v) is 6.72. The summed E-state index contributed by atoms with van der Waals surface area (Å²) in [5.41, 5.74) is 0.419. The number of thioether (sulfide) groups is 1. The number of esters is 1. The van der Waals surface area contributed by atoms with E-state index in [2.05, 4.69) is 10.1 Å². The number of nitro benzene ring substituents is 1. The highest BCUT2D eigenvalue weighted by atomic mass is 32.2. The largest absolute Gasteiger partial charge is 0.468 e. The van der Waals surface area contributed by atoms with Crippen molar-refractivity contribution in [3.8, 4) is 0 Å². The second kappa shape index (κ2) is 7.49. The molecule has 1 atom stereocenters. The van der Waals surface area contributed by atoms with Crippen molar-refractivity contribution < 1.29 is 19.2 Å². The number of anilines is 1. The van der Waals surface area contributed by atoms with Gasteiger partial charge in [0, 0.05) is 17.8 Å². The van der Waals surface area contributed by atoms with Crippen LogP contribution in [0.1, 0.15) is 6.92 Å². The molecular formula is C12H14N2O5S. The fourth-order valence-corrected chi connectivity index (χ4v) is 1.95. The number of carbonyl (C=O) groups excluding carboxylic acids is 2. The van der Waals surface area contributed by atoms with Crippen LogP contribution in [0.3, 0.4) is 0 Å². The average molecular weight is 298 g/mol. The highest BCUT2D eigenvalue weighted by Crippen LogP contribution is 2.17. The highest BCUT2D eigenvalue weighted by molar-refractivity contribution is 8.01. The number of nitrogens with zero attached hydrogens (tertiary/aromatic N) is 1. The van der Waals surface area contributed by atoms with E-state index >= 15 is 0 Å². The Morgan fingerprint density at radius 2 is 2.00 bits per heavy atom. The van der Waals surface area contributed by atoms with Gasteiger partial charge >= 0.3 is 5.97 Å². The van der Waals surface area contributed by atoms with Crippen molar-refractivity contribution in [1.82, 2.24) is 0 Å². The van der Waals surface area contributed by atoms with E-state index in [1.807, 2.05) is 0 Å². The number of nitrogens with one attached hydrogen (secondary N) is 1. The molecule has 0 fully saturated rings. The zero-order valence-corrected chi connectivity index (χ0v) is 11.8. The van der Waals surface area contributed by atoms with Gasteiger partial charge in [-0.15, -0.1) is 11.8 Å². The Labute approximate surface area is 119 Å². The molecule has 0 aliphatic carbocycles. The number of methoxy groups -OCH3 is 1. The maximum absolute atomic E-state index is 11.8. The number of carbonyl (C=O) groups is 2. The molecule has 1 amide bonds. The Bertz CT molecular complexity index is 503. The quantitative estimate of drug-likeness (QED) is 0.488. The fourth-order valence-electron chi connectivity index (χ4n) is 1.24. The van der Waals surface area contributed by atoms with E-state index in [9.17, 15) is 19.7 Å². The third-order valence-corrected chi connectivity index (χ3v) is 3.51. The number of nitro groups is 1. The van der Waals surface area contributed by atoms with Gasteiger partial charge in [0.1, 0.15) is 0 Å². The maximum Gasteiger partial charge on any atom is 0.315 e. The first kappa shape index (κ1) is 16.0. The fraction of sp³-hybridized carbons (Fsp3) is 0.333. The van der Waals surface area contributed by atoms with Gasteiger partial charge in [-0.25, -0.2) is 0 Å². The molecule has 0 radical (unpaired) electrons. The van der Waals surface area contributed by atoms with E-state index in [0.717, 1.165) is 11.8 Å². The number of hydrogen-bond acceptors (Lipinski definition) is 6. The van der Waals surface area contributed by atoms with Crippen molar-refractivity contribution >= 4 is 35.0 Å². The highest BCUT2D eigenvalue weighted by Gasteiger charge is 2.16. The van der Waals surface area contributed by atoms with Crippen LogP contribution < -0.4 is 5.32 Å². The number of amides is 1. The SMILES string of the molecule is COC(=O)CSC(C)C(=O)Nc1ccc([N+](=O)[O-])cc1. The molecule has 0 aliphatic rings. The van der Waals surface area contributed by atoms with E-state index in [0.29, 0.717) is 5.69 Å². The van der Waals surface area contributed by atoms with Gasteiger partial charge in [-0.1, -0.05) is 0 Å². The average Bonchev–Trinajstić information content (AvgIpc) is 2.44. The summed E-state index contributed by atoms with van der Waals surface area (Å²) < 4.78 is 4.48. The summed E-state index contributed by atoms with van der Waals surface area (Å²) in [5.74, 6) is -0.594. The topological polar surface area (TPSA) is 98.5 Å². The molecule has 0 bridgehead atoms. The van der Waals surface area contributed by atoms with Crippen LogP contribution in [0, 0.1) is 10.1 Å². The lowest BCUT2D eigenvalue weighted by atomic mass is 10.3. The van der Waals surface area contributed by atoms with E-state index < -0.39 is 16.1 Å². The van der Waals surface area contributed by atoms with Crippen molar-refractivity contribution in [2.45, 2.75) is 12.2 Å². The van der Waals surface area contributed by atoms with Crippen molar-refractivity contribution in [3.63, 3.8) is 0 Å². The van der Waals surface area contributed by atoms with E-state index in [-0.39, 0.29) is 17.3 Å². The van der Waals surface area contributed by atoms with E-state index in [1.165, 1.54) is 31.4 Å². The van der Waals surface area contributed by atoms with Gasteiger partial charge in [-0.3, -0.25) is 19.7 Å². The number of hydrogen-bond donors (Lipinski definition) is 1. The smallest absolute Gasteiger partial charge is 0.315 e. The molecule has 1 aromatic carbocycles. The van der Waals surface area contributed by atoms with Crippen LogP contribution in [0.5, 0.6) is 0 Å². The van der Waals surface area contributed by atoms with Crippen molar-refractivity contribution in [3.05, 3.63) is 34.4 Å². The molecule has 108 valence electrons. The Hall–Kier alpha value is -2.09. The van der Waals surface area contributed by atoms with Gasteiger partial charge < -0.3 is 10.1 Å². The molecule has 7 nitrogen and oxygen atoms in total. The minimum Gasteiger partial charge on any atom is -0.468 e. The Balaban J connectivity index is 2.52. The normalized spacial score (nSPS) is 11.5. The van der Waals surface area contributed by atoms with E-state index in [4.69, 9.17) is 0 Å². The lowest BCUT2D eigenvalue weighted by molar-refractivity contribution is -0.384. The molecule has 0 aliphatic heterocycles. The van der Waals surface area contributed by atoms with Crippen LogP contribution in [0.15, 0.2) is 24.3 Å². The van der Waals surface area contributed by atoms with Crippen LogP contribution >= 0.6 is 11.8 Å². The van der Waals surface area contributed by atoms with Gasteiger partial charge in [-0.05, 0) is 19.1 Å². The van der Waals surface area contributed by atoms with Gasteiger partial charge in [0.05, 0.1) is 23.0 Å². The summed E-state index contributed by atoms with van der Waals surface area (Å²) in [6.45, 7) is 1.66. The lowest BCUT2D eigenvalue weighted by Crippen LogP contribution is -2.23. The summed E-state index contributed by atoms with van der Waals surface area (Å²) in [6, 6.07) is 5.52. The van der Waals surface area contributed by atoms with Gasteiger partial charge in [-0.2, -0.15) is 0 Å². The molecular weight excluding hydrogens is 284 g/mol. The van der Waals surface area contributed by atoms with Gasteiger partial charge in [0.2, 0.25) is 5.91 Å². The van der Waals surface area contributed by atoms with Crippen LogP contribution in [0.4, 0.5) is 11.4 Å². The van der Waals surface area contributed by atoms with Crippen LogP contribution in [-0.2, 0) is 14.3 Å². The molecule has 0 heterocycles.